The van der Waals surface area contributed by atoms with E-state index in [1.165, 1.54) is 49.7 Å². The molecule has 0 fully saturated rings. The predicted molar refractivity (Wildman–Crippen MR) is 227 cm³/mol. The van der Waals surface area contributed by atoms with E-state index in [2.05, 4.69) is 199 Å². The molecule has 0 aromatic heterocycles. The van der Waals surface area contributed by atoms with Crippen LogP contribution in [0, 0.1) is 0 Å². The van der Waals surface area contributed by atoms with Gasteiger partial charge in [0.1, 0.15) is 0 Å². The fourth-order valence-corrected chi connectivity index (χ4v) is 9.55. The summed E-state index contributed by atoms with van der Waals surface area (Å²) in [6.45, 7) is 0. The van der Waals surface area contributed by atoms with E-state index in [1.54, 1.807) is 0 Å². The minimum atomic E-state index is -0.462. The van der Waals surface area contributed by atoms with Crippen LogP contribution in [0.25, 0.3) is 44.2 Å². The molecule has 0 saturated carbocycles. The largest absolute Gasteiger partial charge is 0.449 e. The van der Waals surface area contributed by atoms with Crippen molar-refractivity contribution in [3.8, 4) is 56.4 Å². The normalized spacial score (nSPS) is 13.4. The molecule has 0 saturated heterocycles. The molecule has 12 rings (SSSR count). The summed E-state index contributed by atoms with van der Waals surface area (Å²) in [6.07, 6.45) is 0. The first-order valence-electron chi connectivity index (χ1n) is 19.2. The maximum Gasteiger partial charge on any atom is 0.194 e. The van der Waals surface area contributed by atoms with Crippen molar-refractivity contribution in [2.45, 2.75) is 5.41 Å². The van der Waals surface area contributed by atoms with Crippen molar-refractivity contribution in [2.24, 2.45) is 0 Å². The molecular weight excluding hydrogens is 683 g/mol. The lowest BCUT2D eigenvalue weighted by Crippen LogP contribution is -2.25. The summed E-state index contributed by atoms with van der Waals surface area (Å²) in [6, 6.07) is 71.6. The lowest BCUT2D eigenvalue weighted by molar-refractivity contribution is 0.360. The Labute approximate surface area is 325 Å². The lowest BCUT2D eigenvalue weighted by Gasteiger charge is -2.32. The zero-order valence-corrected chi connectivity index (χ0v) is 30.3. The van der Waals surface area contributed by atoms with Gasteiger partial charge in [0.2, 0.25) is 0 Å². The van der Waals surface area contributed by atoms with Gasteiger partial charge in [-0.25, -0.2) is 0 Å². The summed E-state index contributed by atoms with van der Waals surface area (Å²) in [5.41, 5.74) is 14.8. The number of hydrogen-bond acceptors (Lipinski definition) is 3. The van der Waals surface area contributed by atoms with E-state index in [9.17, 15) is 0 Å². The van der Waals surface area contributed by atoms with Gasteiger partial charge >= 0.3 is 0 Å². The molecule has 1 spiro atoms. The average molecular weight is 716 g/mol. The van der Waals surface area contributed by atoms with Crippen LogP contribution in [0.4, 0.5) is 17.1 Å². The summed E-state index contributed by atoms with van der Waals surface area (Å²) >= 11 is 0. The zero-order valence-electron chi connectivity index (χ0n) is 30.3. The molecule has 0 radical (unpaired) electrons. The lowest BCUT2D eigenvalue weighted by atomic mass is 9.70. The van der Waals surface area contributed by atoms with E-state index in [-0.39, 0.29) is 0 Å². The standard InChI is InChI=1S/C53H33NO2/c1-2-14-34(15-3-1)37-18-12-19-38(30-37)54(39-29-28-35-16-4-5-17-36(35)31-39)48-26-13-27-49-52(48)56-50-32-43-42-22-8-11-25-46(42)53(47(43)33-51(50)55-49)44-23-9-6-20-40(44)41-21-7-10-24-45(41)53/h1-33H. The highest BCUT2D eigenvalue weighted by Gasteiger charge is 2.52. The number of fused-ring (bicyclic) bond motifs is 13. The summed E-state index contributed by atoms with van der Waals surface area (Å²) in [5, 5.41) is 2.36. The van der Waals surface area contributed by atoms with Gasteiger partial charge in [-0.05, 0) is 115 Å². The molecule has 56 heavy (non-hydrogen) atoms. The highest BCUT2D eigenvalue weighted by atomic mass is 16.6. The Bertz CT molecular complexity index is 3010. The van der Waals surface area contributed by atoms with E-state index >= 15 is 0 Å². The first-order valence-corrected chi connectivity index (χ1v) is 19.2. The quantitative estimate of drug-likeness (QED) is 0.181. The Morgan fingerprint density at radius 2 is 0.929 bits per heavy atom. The molecule has 9 aromatic carbocycles. The van der Waals surface area contributed by atoms with E-state index in [0.29, 0.717) is 23.0 Å². The van der Waals surface area contributed by atoms with Gasteiger partial charge in [0.25, 0.3) is 0 Å². The van der Waals surface area contributed by atoms with Gasteiger partial charge in [-0.1, -0.05) is 152 Å². The smallest absolute Gasteiger partial charge is 0.194 e. The molecule has 3 nitrogen and oxygen atoms in total. The number of rotatable bonds is 4. The Balaban J connectivity index is 1.04. The minimum Gasteiger partial charge on any atom is -0.449 e. The predicted octanol–water partition coefficient (Wildman–Crippen LogP) is 14.2. The summed E-state index contributed by atoms with van der Waals surface area (Å²) in [4.78, 5) is 2.29. The van der Waals surface area contributed by atoms with Crippen molar-refractivity contribution in [3.05, 3.63) is 222 Å². The molecule has 0 unspecified atom stereocenters. The molecule has 0 bridgehead atoms. The van der Waals surface area contributed by atoms with Crippen LogP contribution < -0.4 is 14.4 Å². The molecule has 2 aliphatic carbocycles. The highest BCUT2D eigenvalue weighted by Crippen LogP contribution is 2.65. The van der Waals surface area contributed by atoms with Gasteiger partial charge in [0.05, 0.1) is 11.1 Å². The number of hydrogen-bond donors (Lipinski definition) is 0. The Kier molecular flexibility index (Phi) is 6.55. The van der Waals surface area contributed by atoms with Crippen LogP contribution >= 0.6 is 0 Å². The third-order valence-corrected chi connectivity index (χ3v) is 11.9. The molecule has 0 atom stereocenters. The van der Waals surface area contributed by atoms with Gasteiger partial charge in [-0.15, -0.1) is 0 Å². The molecule has 9 aromatic rings. The van der Waals surface area contributed by atoms with E-state index in [1.807, 2.05) is 6.07 Å². The summed E-state index contributed by atoms with van der Waals surface area (Å²) in [7, 11) is 0. The van der Waals surface area contributed by atoms with Crippen LogP contribution in [-0.2, 0) is 5.41 Å². The van der Waals surface area contributed by atoms with E-state index in [4.69, 9.17) is 9.47 Å². The number of benzene rings is 9. The van der Waals surface area contributed by atoms with Gasteiger partial charge < -0.3 is 14.4 Å². The first-order chi connectivity index (χ1) is 27.8. The second-order valence-electron chi connectivity index (χ2n) is 14.8. The first kappa shape index (κ1) is 31.0. The van der Waals surface area contributed by atoms with Crippen molar-refractivity contribution in [1.29, 1.82) is 0 Å². The molecule has 3 heteroatoms. The highest BCUT2D eigenvalue weighted by molar-refractivity contribution is 5.96. The molecule has 0 amide bonds. The fraction of sp³-hybridized carbons (Fsp3) is 0.0189. The molecule has 3 aliphatic rings. The van der Waals surface area contributed by atoms with Gasteiger partial charge in [-0.2, -0.15) is 0 Å². The minimum absolute atomic E-state index is 0.462. The summed E-state index contributed by atoms with van der Waals surface area (Å²) < 4.78 is 14.1. The van der Waals surface area contributed by atoms with Crippen LogP contribution in [-0.4, -0.2) is 0 Å². The van der Waals surface area contributed by atoms with Crippen molar-refractivity contribution in [2.75, 3.05) is 4.90 Å². The van der Waals surface area contributed by atoms with Crippen molar-refractivity contribution in [3.63, 3.8) is 0 Å². The van der Waals surface area contributed by atoms with E-state index in [0.717, 1.165) is 33.8 Å². The molecule has 1 aliphatic heterocycles. The van der Waals surface area contributed by atoms with Gasteiger partial charge in [-0.3, -0.25) is 0 Å². The monoisotopic (exact) mass is 715 g/mol. The van der Waals surface area contributed by atoms with Crippen LogP contribution in [0.5, 0.6) is 23.0 Å². The van der Waals surface area contributed by atoms with Crippen LogP contribution in [0.3, 0.4) is 0 Å². The SMILES string of the molecule is c1ccc(-c2cccc(N(c3ccc4ccccc4c3)c3cccc4c3Oc3cc5c(cc3O4)C3(c4ccccc4-c4ccccc43)c3ccccc3-5)c2)cc1. The maximum atomic E-state index is 7.10. The third-order valence-electron chi connectivity index (χ3n) is 11.9. The van der Waals surface area contributed by atoms with Crippen molar-refractivity contribution >= 4 is 27.8 Å². The van der Waals surface area contributed by atoms with Gasteiger partial charge in [0.15, 0.2) is 23.0 Å². The van der Waals surface area contributed by atoms with Crippen molar-refractivity contribution < 1.29 is 9.47 Å². The second kappa shape index (κ2) is 11.8. The molecule has 1 heterocycles. The van der Waals surface area contributed by atoms with E-state index < -0.39 is 5.41 Å². The number of anilines is 3. The van der Waals surface area contributed by atoms with Gasteiger partial charge in [0, 0.05) is 11.4 Å². The maximum absolute atomic E-state index is 7.10. The number of para-hydroxylation sites is 1. The average Bonchev–Trinajstić information content (AvgIpc) is 3.72. The third kappa shape index (κ3) is 4.34. The second-order valence-corrected chi connectivity index (χ2v) is 14.8. The Morgan fingerprint density at radius 1 is 0.339 bits per heavy atom. The van der Waals surface area contributed by atoms with Crippen molar-refractivity contribution in [1.82, 2.24) is 0 Å². The summed E-state index contributed by atoms with van der Waals surface area (Å²) in [5.74, 6) is 2.77. The van der Waals surface area contributed by atoms with Crippen LogP contribution in [0.1, 0.15) is 22.3 Å². The molecular formula is C53H33NO2. The zero-order chi connectivity index (χ0) is 36.8. The fourth-order valence-electron chi connectivity index (χ4n) is 9.55. The Hall–Kier alpha value is -7.36. The number of nitrogens with zero attached hydrogens (tertiary/aromatic N) is 1. The Morgan fingerprint density at radius 3 is 1.68 bits per heavy atom. The topological polar surface area (TPSA) is 21.7 Å². The molecule has 0 N–H and O–H groups in total. The molecule has 262 valence electrons. The van der Waals surface area contributed by atoms with Crippen LogP contribution in [0.2, 0.25) is 0 Å². The number of ether oxygens (including phenoxy) is 2. The van der Waals surface area contributed by atoms with Crippen LogP contribution in [0.15, 0.2) is 200 Å².